The van der Waals surface area contributed by atoms with Crippen LogP contribution < -0.4 is 15.5 Å². The molecule has 8 nitrogen and oxygen atoms in total. The standard InChI is InChI=1S/C21H20ClN3O5/c22-15-3-7-17(8-4-15)25-12-14(11-18(25)26)21(30)24-16-5-1-13(2-6-16)20(29)23-10-9-19(27)28/h1-8,14H,9-12H2,(H,23,29)(H,24,30)(H,27,28). The summed E-state index contributed by atoms with van der Waals surface area (Å²) in [6, 6.07) is 13.1. The minimum atomic E-state index is -0.992. The zero-order chi connectivity index (χ0) is 21.7. The number of carbonyl (C=O) groups is 4. The van der Waals surface area contributed by atoms with Gasteiger partial charge in [0.05, 0.1) is 12.3 Å². The SMILES string of the molecule is O=C(O)CCNC(=O)c1ccc(NC(=O)C2CC(=O)N(c3ccc(Cl)cc3)C2)cc1. The predicted octanol–water partition coefficient (Wildman–Crippen LogP) is 2.54. The van der Waals surface area contributed by atoms with E-state index in [9.17, 15) is 19.2 Å². The van der Waals surface area contributed by atoms with Crippen molar-refractivity contribution in [3.8, 4) is 0 Å². The summed E-state index contributed by atoms with van der Waals surface area (Å²) in [4.78, 5) is 48.9. The van der Waals surface area contributed by atoms with E-state index in [1.807, 2.05) is 0 Å². The lowest BCUT2D eigenvalue weighted by molar-refractivity contribution is -0.136. The number of nitrogens with one attached hydrogen (secondary N) is 2. The molecule has 0 aliphatic carbocycles. The molecule has 1 aliphatic rings. The Morgan fingerprint density at radius 3 is 2.37 bits per heavy atom. The summed E-state index contributed by atoms with van der Waals surface area (Å²) in [5.41, 5.74) is 1.54. The van der Waals surface area contributed by atoms with Crippen LogP contribution in [0.15, 0.2) is 48.5 Å². The third-order valence-electron chi connectivity index (χ3n) is 4.67. The van der Waals surface area contributed by atoms with E-state index in [2.05, 4.69) is 10.6 Å². The predicted molar refractivity (Wildman–Crippen MR) is 112 cm³/mol. The molecule has 1 atom stereocenters. The number of anilines is 2. The van der Waals surface area contributed by atoms with E-state index < -0.39 is 17.8 Å². The molecule has 1 unspecified atom stereocenters. The minimum absolute atomic E-state index is 0.0342. The highest BCUT2D eigenvalue weighted by atomic mass is 35.5. The number of benzene rings is 2. The van der Waals surface area contributed by atoms with Crippen LogP contribution in [0.2, 0.25) is 5.02 Å². The van der Waals surface area contributed by atoms with Gasteiger partial charge in [0.15, 0.2) is 0 Å². The molecule has 3 N–H and O–H groups in total. The second-order valence-corrected chi connectivity index (χ2v) is 7.28. The fourth-order valence-electron chi connectivity index (χ4n) is 3.09. The van der Waals surface area contributed by atoms with E-state index in [1.165, 1.54) is 12.1 Å². The van der Waals surface area contributed by atoms with Crippen molar-refractivity contribution in [3.63, 3.8) is 0 Å². The maximum Gasteiger partial charge on any atom is 0.305 e. The van der Waals surface area contributed by atoms with E-state index in [4.69, 9.17) is 16.7 Å². The molecule has 1 aliphatic heterocycles. The van der Waals surface area contributed by atoms with Gasteiger partial charge in [-0.1, -0.05) is 11.6 Å². The second kappa shape index (κ2) is 9.41. The van der Waals surface area contributed by atoms with E-state index in [0.29, 0.717) is 22.0 Å². The number of halogens is 1. The van der Waals surface area contributed by atoms with Crippen LogP contribution in [-0.4, -0.2) is 41.9 Å². The van der Waals surface area contributed by atoms with Gasteiger partial charge in [-0.15, -0.1) is 0 Å². The lowest BCUT2D eigenvalue weighted by Crippen LogP contribution is -2.28. The average Bonchev–Trinajstić information content (AvgIpc) is 3.10. The zero-order valence-corrected chi connectivity index (χ0v) is 16.7. The molecule has 156 valence electrons. The molecule has 0 radical (unpaired) electrons. The maximum absolute atomic E-state index is 12.6. The van der Waals surface area contributed by atoms with Gasteiger partial charge in [-0.2, -0.15) is 0 Å². The minimum Gasteiger partial charge on any atom is -0.481 e. The molecule has 3 amide bonds. The normalized spacial score (nSPS) is 15.7. The highest BCUT2D eigenvalue weighted by Crippen LogP contribution is 2.27. The molecule has 2 aromatic rings. The Bertz CT molecular complexity index is 960. The topological polar surface area (TPSA) is 116 Å². The quantitative estimate of drug-likeness (QED) is 0.625. The molecular formula is C21H20ClN3O5. The second-order valence-electron chi connectivity index (χ2n) is 6.85. The van der Waals surface area contributed by atoms with E-state index in [-0.39, 0.29) is 37.7 Å². The highest BCUT2D eigenvalue weighted by Gasteiger charge is 2.35. The number of aliphatic carboxylic acids is 1. The summed E-state index contributed by atoms with van der Waals surface area (Å²) >= 11 is 5.88. The Morgan fingerprint density at radius 2 is 1.73 bits per heavy atom. The molecule has 0 bridgehead atoms. The third kappa shape index (κ3) is 5.36. The number of rotatable bonds is 7. The molecule has 3 rings (SSSR count). The zero-order valence-electron chi connectivity index (χ0n) is 15.9. The van der Waals surface area contributed by atoms with Crippen molar-refractivity contribution in [1.29, 1.82) is 0 Å². The summed E-state index contributed by atoms with van der Waals surface area (Å²) in [5, 5.41) is 14.4. The summed E-state index contributed by atoms with van der Waals surface area (Å²) in [5.74, 6) is -2.29. The summed E-state index contributed by atoms with van der Waals surface area (Å²) < 4.78 is 0. The van der Waals surface area contributed by atoms with Crippen molar-refractivity contribution in [3.05, 3.63) is 59.1 Å². The summed E-state index contributed by atoms with van der Waals surface area (Å²) in [7, 11) is 0. The van der Waals surface area contributed by atoms with Crippen molar-refractivity contribution < 1.29 is 24.3 Å². The number of carboxylic acid groups (broad SMARTS) is 1. The fourth-order valence-corrected chi connectivity index (χ4v) is 3.21. The molecule has 2 aromatic carbocycles. The largest absolute Gasteiger partial charge is 0.481 e. The highest BCUT2D eigenvalue weighted by molar-refractivity contribution is 6.30. The Hall–Kier alpha value is -3.39. The van der Waals surface area contributed by atoms with Gasteiger partial charge in [0.1, 0.15) is 0 Å². The monoisotopic (exact) mass is 429 g/mol. The first-order chi connectivity index (χ1) is 14.3. The molecular weight excluding hydrogens is 410 g/mol. The molecule has 0 spiro atoms. The Balaban J connectivity index is 1.55. The molecule has 1 heterocycles. The molecule has 0 aromatic heterocycles. The van der Waals surface area contributed by atoms with Crippen molar-refractivity contribution in [1.82, 2.24) is 5.32 Å². The van der Waals surface area contributed by atoms with Crippen LogP contribution in [0, 0.1) is 5.92 Å². The third-order valence-corrected chi connectivity index (χ3v) is 4.93. The first-order valence-corrected chi connectivity index (χ1v) is 9.68. The molecule has 0 saturated carbocycles. The van der Waals surface area contributed by atoms with Crippen LogP contribution in [0.5, 0.6) is 0 Å². The fraction of sp³-hybridized carbons (Fsp3) is 0.238. The molecule has 1 saturated heterocycles. The molecule has 1 fully saturated rings. The summed E-state index contributed by atoms with van der Waals surface area (Å²) in [6.07, 6.45) is -0.0500. The Kier molecular flexibility index (Phi) is 6.68. The van der Waals surface area contributed by atoms with Crippen LogP contribution in [0.25, 0.3) is 0 Å². The van der Waals surface area contributed by atoms with E-state index in [1.54, 1.807) is 41.3 Å². The van der Waals surface area contributed by atoms with Crippen molar-refractivity contribution in [2.24, 2.45) is 5.92 Å². The first-order valence-electron chi connectivity index (χ1n) is 9.30. The van der Waals surface area contributed by atoms with Gasteiger partial charge in [0.25, 0.3) is 5.91 Å². The van der Waals surface area contributed by atoms with Crippen LogP contribution in [0.1, 0.15) is 23.2 Å². The van der Waals surface area contributed by atoms with Crippen molar-refractivity contribution in [2.45, 2.75) is 12.8 Å². The van der Waals surface area contributed by atoms with Crippen molar-refractivity contribution >= 4 is 46.7 Å². The number of hydrogen-bond donors (Lipinski definition) is 3. The number of hydrogen-bond acceptors (Lipinski definition) is 4. The first kappa shape index (κ1) is 21.3. The van der Waals surface area contributed by atoms with E-state index >= 15 is 0 Å². The smallest absolute Gasteiger partial charge is 0.305 e. The van der Waals surface area contributed by atoms with Gasteiger partial charge < -0.3 is 20.6 Å². The van der Waals surface area contributed by atoms with Gasteiger partial charge in [-0.25, -0.2) is 0 Å². The van der Waals surface area contributed by atoms with Crippen LogP contribution in [-0.2, 0) is 14.4 Å². The number of carboxylic acids is 1. The van der Waals surface area contributed by atoms with Gasteiger partial charge in [0.2, 0.25) is 11.8 Å². The Morgan fingerprint density at radius 1 is 1.07 bits per heavy atom. The van der Waals surface area contributed by atoms with Gasteiger partial charge in [-0.3, -0.25) is 19.2 Å². The lowest BCUT2D eigenvalue weighted by atomic mass is 10.1. The maximum atomic E-state index is 12.6. The number of carbonyl (C=O) groups excluding carboxylic acids is 3. The van der Waals surface area contributed by atoms with Gasteiger partial charge >= 0.3 is 5.97 Å². The van der Waals surface area contributed by atoms with Crippen LogP contribution in [0.3, 0.4) is 0 Å². The number of amides is 3. The lowest BCUT2D eigenvalue weighted by Gasteiger charge is -2.16. The van der Waals surface area contributed by atoms with Crippen LogP contribution in [0.4, 0.5) is 11.4 Å². The summed E-state index contributed by atoms with van der Waals surface area (Å²) in [6.45, 7) is 0.308. The molecule has 9 heteroatoms. The molecule has 30 heavy (non-hydrogen) atoms. The van der Waals surface area contributed by atoms with Crippen LogP contribution >= 0.6 is 11.6 Å². The van der Waals surface area contributed by atoms with E-state index in [0.717, 1.165) is 0 Å². The van der Waals surface area contributed by atoms with Gasteiger partial charge in [0, 0.05) is 41.5 Å². The van der Waals surface area contributed by atoms with Gasteiger partial charge in [-0.05, 0) is 48.5 Å². The average molecular weight is 430 g/mol. The Labute approximate surface area is 177 Å². The van der Waals surface area contributed by atoms with Crippen molar-refractivity contribution in [2.75, 3.05) is 23.3 Å². The number of nitrogens with zero attached hydrogens (tertiary/aromatic N) is 1.